The summed E-state index contributed by atoms with van der Waals surface area (Å²) < 4.78 is 5.31. The predicted molar refractivity (Wildman–Crippen MR) is 94.5 cm³/mol. The Kier molecular flexibility index (Phi) is 5.53. The summed E-state index contributed by atoms with van der Waals surface area (Å²) in [6.45, 7) is 7.01. The zero-order valence-corrected chi connectivity index (χ0v) is 14.5. The molecule has 2 saturated heterocycles. The normalized spacial score (nSPS) is 18.3. The summed E-state index contributed by atoms with van der Waals surface area (Å²) in [5.74, 6) is 0.385. The van der Waals surface area contributed by atoms with Gasteiger partial charge in [-0.3, -0.25) is 14.7 Å². The second-order valence-electron chi connectivity index (χ2n) is 6.30. The molecule has 2 N–H and O–H groups in total. The van der Waals surface area contributed by atoms with Crippen molar-refractivity contribution >= 4 is 23.5 Å². The molecule has 0 radical (unpaired) electrons. The zero-order chi connectivity index (χ0) is 18.5. The maximum Gasteiger partial charge on any atom is 0.245 e. The van der Waals surface area contributed by atoms with Gasteiger partial charge in [0, 0.05) is 32.1 Å². The minimum atomic E-state index is -0.203. The standard InChI is InChI=1S/C17H22N6O3/c1-2-14(24)22-5-3-12(4-6-22)17(25)19-15-13(11-18)16(21-20-15)23-7-9-26-10-8-23/h2,12H,1,3-10H2,(H2,19,20,21,25). The van der Waals surface area contributed by atoms with E-state index in [-0.39, 0.29) is 17.7 Å². The highest BCUT2D eigenvalue weighted by Gasteiger charge is 2.28. The molecule has 3 rings (SSSR count). The number of ether oxygens (including phenoxy) is 1. The van der Waals surface area contributed by atoms with Crippen LogP contribution in [0.2, 0.25) is 0 Å². The Morgan fingerprint density at radius 1 is 1.31 bits per heavy atom. The van der Waals surface area contributed by atoms with Crippen molar-refractivity contribution in [1.82, 2.24) is 15.1 Å². The second-order valence-corrected chi connectivity index (χ2v) is 6.30. The van der Waals surface area contributed by atoms with Gasteiger partial charge in [0.25, 0.3) is 0 Å². The number of anilines is 2. The molecule has 26 heavy (non-hydrogen) atoms. The molecular weight excluding hydrogens is 336 g/mol. The Morgan fingerprint density at radius 2 is 2.00 bits per heavy atom. The number of H-pyrrole nitrogens is 1. The van der Waals surface area contributed by atoms with Gasteiger partial charge in [0.2, 0.25) is 11.8 Å². The summed E-state index contributed by atoms with van der Waals surface area (Å²) in [7, 11) is 0. The number of nitriles is 1. The molecule has 2 fully saturated rings. The van der Waals surface area contributed by atoms with Crippen molar-refractivity contribution in [2.45, 2.75) is 12.8 Å². The molecule has 0 saturated carbocycles. The first-order valence-corrected chi connectivity index (χ1v) is 8.67. The van der Waals surface area contributed by atoms with E-state index in [1.165, 1.54) is 6.08 Å². The van der Waals surface area contributed by atoms with Crippen LogP contribution in [0.25, 0.3) is 0 Å². The van der Waals surface area contributed by atoms with Crippen LogP contribution in [0.3, 0.4) is 0 Å². The molecule has 0 aromatic carbocycles. The average molecular weight is 358 g/mol. The van der Waals surface area contributed by atoms with Crippen molar-refractivity contribution in [2.24, 2.45) is 5.92 Å². The number of hydrogen-bond acceptors (Lipinski definition) is 6. The Hall–Kier alpha value is -2.86. The Balaban J connectivity index is 1.63. The van der Waals surface area contributed by atoms with Gasteiger partial charge in [-0.1, -0.05) is 6.58 Å². The molecule has 2 aliphatic heterocycles. The highest BCUT2D eigenvalue weighted by molar-refractivity contribution is 5.94. The Bertz CT molecular complexity index is 723. The number of nitrogens with one attached hydrogen (secondary N) is 2. The second kappa shape index (κ2) is 8.01. The van der Waals surface area contributed by atoms with Gasteiger partial charge in [-0.2, -0.15) is 10.4 Å². The first-order chi connectivity index (χ1) is 12.6. The third-order valence-electron chi connectivity index (χ3n) is 4.77. The van der Waals surface area contributed by atoms with Gasteiger partial charge >= 0.3 is 0 Å². The van der Waals surface area contributed by atoms with Crippen LogP contribution in [0.15, 0.2) is 12.7 Å². The molecule has 138 valence electrons. The highest BCUT2D eigenvalue weighted by Crippen LogP contribution is 2.26. The number of nitrogens with zero attached hydrogens (tertiary/aromatic N) is 4. The smallest absolute Gasteiger partial charge is 0.245 e. The number of rotatable bonds is 4. The number of carbonyl (C=O) groups excluding carboxylic acids is 2. The lowest BCUT2D eigenvalue weighted by Crippen LogP contribution is -2.40. The van der Waals surface area contributed by atoms with Crippen LogP contribution < -0.4 is 10.2 Å². The van der Waals surface area contributed by atoms with E-state index < -0.39 is 0 Å². The van der Waals surface area contributed by atoms with E-state index in [9.17, 15) is 14.9 Å². The fourth-order valence-electron chi connectivity index (χ4n) is 3.25. The molecule has 3 heterocycles. The fraction of sp³-hybridized carbons (Fsp3) is 0.529. The van der Waals surface area contributed by atoms with Crippen molar-refractivity contribution in [3.8, 4) is 6.07 Å². The summed E-state index contributed by atoms with van der Waals surface area (Å²) in [4.78, 5) is 27.8. The topological polar surface area (TPSA) is 114 Å². The third-order valence-corrected chi connectivity index (χ3v) is 4.77. The maximum atomic E-state index is 12.5. The lowest BCUT2D eigenvalue weighted by Gasteiger charge is -2.30. The van der Waals surface area contributed by atoms with Crippen molar-refractivity contribution in [2.75, 3.05) is 49.6 Å². The van der Waals surface area contributed by atoms with Crippen molar-refractivity contribution in [1.29, 1.82) is 5.26 Å². The molecule has 0 spiro atoms. The molecule has 1 aromatic heterocycles. The number of aromatic amines is 1. The van der Waals surface area contributed by atoms with Gasteiger partial charge in [-0.15, -0.1) is 0 Å². The summed E-state index contributed by atoms with van der Waals surface area (Å²) in [5.41, 5.74) is 0.333. The van der Waals surface area contributed by atoms with Crippen LogP contribution in [0.1, 0.15) is 18.4 Å². The number of aromatic nitrogens is 2. The average Bonchev–Trinajstić information content (AvgIpc) is 3.10. The van der Waals surface area contributed by atoms with Gasteiger partial charge < -0.3 is 19.9 Å². The van der Waals surface area contributed by atoms with Crippen molar-refractivity contribution in [3.05, 3.63) is 18.2 Å². The molecule has 9 nitrogen and oxygen atoms in total. The van der Waals surface area contributed by atoms with E-state index >= 15 is 0 Å². The van der Waals surface area contributed by atoms with Gasteiger partial charge in [0.05, 0.1) is 13.2 Å². The van der Waals surface area contributed by atoms with Crippen LogP contribution in [0.5, 0.6) is 0 Å². The number of piperidine rings is 1. The first-order valence-electron chi connectivity index (χ1n) is 8.67. The minimum absolute atomic E-state index is 0.112. The third kappa shape index (κ3) is 3.70. The van der Waals surface area contributed by atoms with Crippen LogP contribution >= 0.6 is 0 Å². The molecule has 2 aliphatic rings. The number of amides is 2. The molecule has 2 amide bonds. The van der Waals surface area contributed by atoms with Crippen LogP contribution in [0.4, 0.5) is 11.6 Å². The highest BCUT2D eigenvalue weighted by atomic mass is 16.5. The van der Waals surface area contributed by atoms with E-state index in [4.69, 9.17) is 4.74 Å². The monoisotopic (exact) mass is 358 g/mol. The Morgan fingerprint density at radius 3 is 2.62 bits per heavy atom. The van der Waals surface area contributed by atoms with Crippen molar-refractivity contribution in [3.63, 3.8) is 0 Å². The minimum Gasteiger partial charge on any atom is -0.378 e. The molecular formula is C17H22N6O3. The SMILES string of the molecule is C=CC(=O)N1CCC(C(=O)Nc2[nH]nc(N3CCOCC3)c2C#N)CC1. The summed E-state index contributed by atoms with van der Waals surface area (Å²) in [6.07, 6.45) is 2.45. The van der Waals surface area contributed by atoms with E-state index in [2.05, 4.69) is 28.2 Å². The van der Waals surface area contributed by atoms with Crippen LogP contribution in [-0.2, 0) is 14.3 Å². The fourth-order valence-corrected chi connectivity index (χ4v) is 3.25. The van der Waals surface area contributed by atoms with E-state index in [1.807, 2.05) is 4.90 Å². The number of carbonyl (C=O) groups is 2. The van der Waals surface area contributed by atoms with Gasteiger partial charge in [0.1, 0.15) is 17.5 Å². The lowest BCUT2D eigenvalue weighted by molar-refractivity contribution is -0.130. The molecule has 0 aliphatic carbocycles. The summed E-state index contributed by atoms with van der Waals surface area (Å²) in [5, 5.41) is 19.2. The van der Waals surface area contributed by atoms with E-state index in [0.717, 1.165) is 0 Å². The number of likely N-dealkylation sites (tertiary alicyclic amines) is 1. The summed E-state index contributed by atoms with van der Waals surface area (Å²) >= 11 is 0. The zero-order valence-electron chi connectivity index (χ0n) is 14.5. The van der Waals surface area contributed by atoms with Gasteiger partial charge in [0.15, 0.2) is 5.82 Å². The lowest BCUT2D eigenvalue weighted by atomic mass is 9.96. The molecule has 0 bridgehead atoms. The first kappa shape index (κ1) is 17.9. The largest absolute Gasteiger partial charge is 0.378 e. The van der Waals surface area contributed by atoms with Crippen LogP contribution in [-0.4, -0.2) is 66.3 Å². The predicted octanol–water partition coefficient (Wildman–Crippen LogP) is 0.481. The van der Waals surface area contributed by atoms with Gasteiger partial charge in [-0.05, 0) is 18.9 Å². The van der Waals surface area contributed by atoms with Gasteiger partial charge in [-0.25, -0.2) is 0 Å². The maximum absolute atomic E-state index is 12.5. The van der Waals surface area contributed by atoms with E-state index in [1.54, 1.807) is 4.90 Å². The van der Waals surface area contributed by atoms with E-state index in [0.29, 0.717) is 69.4 Å². The Labute approximate surface area is 151 Å². The molecule has 0 unspecified atom stereocenters. The van der Waals surface area contributed by atoms with Crippen LogP contribution in [0, 0.1) is 17.2 Å². The number of morpholine rings is 1. The molecule has 0 atom stereocenters. The molecule has 9 heteroatoms. The van der Waals surface area contributed by atoms with Crippen molar-refractivity contribution < 1.29 is 14.3 Å². The quantitative estimate of drug-likeness (QED) is 0.757. The summed E-state index contributed by atoms with van der Waals surface area (Å²) in [6, 6.07) is 2.12. The number of hydrogen-bond donors (Lipinski definition) is 2. The molecule has 1 aromatic rings.